The molecule has 1 saturated heterocycles. The molecule has 1 fully saturated rings. The van der Waals surface area contributed by atoms with Crippen LogP contribution in [-0.2, 0) is 0 Å². The fourth-order valence-corrected chi connectivity index (χ4v) is 2.51. The summed E-state index contributed by atoms with van der Waals surface area (Å²) >= 11 is 0. The van der Waals surface area contributed by atoms with Crippen molar-refractivity contribution < 1.29 is 9.26 Å². The van der Waals surface area contributed by atoms with Crippen LogP contribution in [0.25, 0.3) is 11.5 Å². The Morgan fingerprint density at radius 1 is 1.30 bits per heavy atom. The minimum Gasteiger partial charge on any atom is -0.493 e. The highest BCUT2D eigenvalue weighted by Crippen LogP contribution is 2.30. The Labute approximate surface area is 118 Å². The highest BCUT2D eigenvalue weighted by atomic mass is 16.5. The van der Waals surface area contributed by atoms with Gasteiger partial charge in [-0.25, -0.2) is 0 Å². The fraction of sp³-hybridized carbons (Fsp3) is 0.467. The summed E-state index contributed by atoms with van der Waals surface area (Å²) in [7, 11) is 0. The van der Waals surface area contributed by atoms with Gasteiger partial charge in [0.1, 0.15) is 5.75 Å². The first-order valence-corrected chi connectivity index (χ1v) is 7.15. The van der Waals surface area contributed by atoms with Gasteiger partial charge in [0.05, 0.1) is 12.2 Å². The topological polar surface area (TPSA) is 60.2 Å². The van der Waals surface area contributed by atoms with Crippen LogP contribution in [0.1, 0.15) is 31.5 Å². The second-order valence-electron chi connectivity index (χ2n) is 4.91. The van der Waals surface area contributed by atoms with Gasteiger partial charge >= 0.3 is 0 Å². The van der Waals surface area contributed by atoms with Crippen LogP contribution in [0.15, 0.2) is 28.8 Å². The molecule has 2 aromatic rings. The Hall–Kier alpha value is -1.88. The number of ether oxygens (including phenoxy) is 1. The van der Waals surface area contributed by atoms with E-state index < -0.39 is 0 Å². The van der Waals surface area contributed by atoms with Crippen LogP contribution in [0.5, 0.6) is 5.75 Å². The van der Waals surface area contributed by atoms with Crippen molar-refractivity contribution in [2.45, 2.75) is 25.7 Å². The molecule has 5 heteroatoms. The molecule has 106 valence electrons. The van der Waals surface area contributed by atoms with Crippen molar-refractivity contribution in [2.75, 3.05) is 19.7 Å². The fourth-order valence-electron chi connectivity index (χ4n) is 2.51. The third-order valence-corrected chi connectivity index (χ3v) is 3.56. The number of piperidine rings is 1. The largest absolute Gasteiger partial charge is 0.493 e. The molecule has 1 aromatic heterocycles. The lowest BCUT2D eigenvalue weighted by atomic mass is 9.98. The first-order valence-electron chi connectivity index (χ1n) is 7.15. The van der Waals surface area contributed by atoms with Crippen molar-refractivity contribution in [1.29, 1.82) is 0 Å². The molecule has 2 heterocycles. The quantitative estimate of drug-likeness (QED) is 0.927. The van der Waals surface area contributed by atoms with E-state index in [1.165, 1.54) is 0 Å². The Bertz CT molecular complexity index is 562. The second kappa shape index (κ2) is 6.05. The standard InChI is InChI=1S/C15H19N3O2/c1-2-19-13-6-4-3-5-12(13)15-17-14(18-20-15)11-7-9-16-10-8-11/h3-6,11,16H,2,7-10H2,1H3. The van der Waals surface area contributed by atoms with Crippen LogP contribution >= 0.6 is 0 Å². The van der Waals surface area contributed by atoms with Crippen molar-refractivity contribution in [3.05, 3.63) is 30.1 Å². The van der Waals surface area contributed by atoms with Crippen LogP contribution in [0.2, 0.25) is 0 Å². The summed E-state index contributed by atoms with van der Waals surface area (Å²) in [6.45, 7) is 4.62. The molecule has 1 N–H and O–H groups in total. The normalized spacial score (nSPS) is 16.2. The minimum atomic E-state index is 0.396. The molecule has 0 bridgehead atoms. The molecule has 3 rings (SSSR count). The smallest absolute Gasteiger partial charge is 0.261 e. The molecule has 1 aliphatic heterocycles. The maximum Gasteiger partial charge on any atom is 0.261 e. The zero-order valence-corrected chi connectivity index (χ0v) is 11.6. The van der Waals surface area contributed by atoms with Gasteiger partial charge in [-0.3, -0.25) is 0 Å². The number of nitrogens with zero attached hydrogens (tertiary/aromatic N) is 2. The Morgan fingerprint density at radius 3 is 2.90 bits per heavy atom. The summed E-state index contributed by atoms with van der Waals surface area (Å²) in [6, 6.07) is 7.77. The molecule has 0 amide bonds. The molecule has 0 atom stereocenters. The van der Waals surface area contributed by atoms with E-state index in [0.717, 1.165) is 43.1 Å². The van der Waals surface area contributed by atoms with Crippen molar-refractivity contribution in [3.8, 4) is 17.2 Å². The van der Waals surface area contributed by atoms with Crippen molar-refractivity contribution in [1.82, 2.24) is 15.5 Å². The maximum atomic E-state index is 5.61. The first kappa shape index (κ1) is 13.1. The van der Waals surface area contributed by atoms with E-state index in [1.54, 1.807) is 0 Å². The summed E-state index contributed by atoms with van der Waals surface area (Å²) in [5.41, 5.74) is 0.863. The molecular formula is C15H19N3O2. The van der Waals surface area contributed by atoms with Gasteiger partial charge in [-0.1, -0.05) is 17.3 Å². The highest BCUT2D eigenvalue weighted by molar-refractivity contribution is 5.62. The Morgan fingerprint density at radius 2 is 2.10 bits per heavy atom. The lowest BCUT2D eigenvalue weighted by Crippen LogP contribution is -2.27. The van der Waals surface area contributed by atoms with E-state index in [0.29, 0.717) is 18.4 Å². The Kier molecular flexibility index (Phi) is 3.97. The van der Waals surface area contributed by atoms with Gasteiger partial charge in [-0.15, -0.1) is 0 Å². The summed E-state index contributed by atoms with van der Waals surface area (Å²) < 4.78 is 11.0. The van der Waals surface area contributed by atoms with E-state index in [1.807, 2.05) is 31.2 Å². The molecule has 0 unspecified atom stereocenters. The summed E-state index contributed by atoms with van der Waals surface area (Å²) in [4.78, 5) is 4.56. The lowest BCUT2D eigenvalue weighted by Gasteiger charge is -2.18. The third kappa shape index (κ3) is 2.67. The van der Waals surface area contributed by atoms with Gasteiger partial charge in [0.25, 0.3) is 5.89 Å². The monoisotopic (exact) mass is 273 g/mol. The minimum absolute atomic E-state index is 0.396. The molecular weight excluding hydrogens is 254 g/mol. The molecule has 5 nitrogen and oxygen atoms in total. The molecule has 20 heavy (non-hydrogen) atoms. The third-order valence-electron chi connectivity index (χ3n) is 3.56. The summed E-state index contributed by atoms with van der Waals surface area (Å²) in [5.74, 6) is 2.54. The first-order chi connectivity index (χ1) is 9.88. The number of aromatic nitrogens is 2. The highest BCUT2D eigenvalue weighted by Gasteiger charge is 2.22. The lowest BCUT2D eigenvalue weighted by molar-refractivity contribution is 0.339. The Balaban J connectivity index is 1.86. The van der Waals surface area contributed by atoms with Gasteiger partial charge in [0.15, 0.2) is 5.82 Å². The maximum absolute atomic E-state index is 5.61. The molecule has 0 saturated carbocycles. The van der Waals surface area contributed by atoms with Crippen molar-refractivity contribution in [2.24, 2.45) is 0 Å². The molecule has 0 radical (unpaired) electrons. The molecule has 1 aromatic carbocycles. The second-order valence-corrected chi connectivity index (χ2v) is 4.91. The number of rotatable bonds is 4. The predicted octanol–water partition coefficient (Wildman–Crippen LogP) is 2.60. The average Bonchev–Trinajstić information content (AvgIpc) is 2.99. The average molecular weight is 273 g/mol. The van der Waals surface area contributed by atoms with Gasteiger partial charge in [0, 0.05) is 5.92 Å². The van der Waals surface area contributed by atoms with Crippen LogP contribution < -0.4 is 10.1 Å². The van der Waals surface area contributed by atoms with E-state index in [9.17, 15) is 0 Å². The number of hydrogen-bond donors (Lipinski definition) is 1. The zero-order valence-electron chi connectivity index (χ0n) is 11.6. The van der Waals surface area contributed by atoms with E-state index in [-0.39, 0.29) is 0 Å². The van der Waals surface area contributed by atoms with Crippen LogP contribution in [0, 0.1) is 0 Å². The number of benzene rings is 1. The molecule has 0 spiro atoms. The van der Waals surface area contributed by atoms with E-state index in [2.05, 4.69) is 15.5 Å². The van der Waals surface area contributed by atoms with Crippen LogP contribution in [0.4, 0.5) is 0 Å². The van der Waals surface area contributed by atoms with Gasteiger partial charge in [-0.2, -0.15) is 4.98 Å². The SMILES string of the molecule is CCOc1ccccc1-c1nc(C2CCNCC2)no1. The summed E-state index contributed by atoms with van der Waals surface area (Å²) in [6.07, 6.45) is 2.12. The van der Waals surface area contributed by atoms with Gasteiger partial charge in [-0.05, 0) is 45.0 Å². The number of para-hydroxylation sites is 1. The predicted molar refractivity (Wildman–Crippen MR) is 75.7 cm³/mol. The van der Waals surface area contributed by atoms with Gasteiger partial charge < -0.3 is 14.6 Å². The van der Waals surface area contributed by atoms with E-state index >= 15 is 0 Å². The number of hydrogen-bond acceptors (Lipinski definition) is 5. The van der Waals surface area contributed by atoms with Crippen molar-refractivity contribution >= 4 is 0 Å². The van der Waals surface area contributed by atoms with Crippen LogP contribution in [-0.4, -0.2) is 29.8 Å². The summed E-state index contributed by atoms with van der Waals surface area (Å²) in [5, 5.41) is 7.49. The van der Waals surface area contributed by atoms with Gasteiger partial charge in [0.2, 0.25) is 0 Å². The van der Waals surface area contributed by atoms with Crippen LogP contribution in [0.3, 0.4) is 0 Å². The zero-order chi connectivity index (χ0) is 13.8. The van der Waals surface area contributed by atoms with Crippen molar-refractivity contribution in [3.63, 3.8) is 0 Å². The van der Waals surface area contributed by atoms with E-state index in [4.69, 9.17) is 9.26 Å². The molecule has 1 aliphatic rings. The molecule has 0 aliphatic carbocycles. The number of nitrogens with one attached hydrogen (secondary N) is 1.